The van der Waals surface area contributed by atoms with Crippen molar-refractivity contribution in [3.63, 3.8) is 0 Å². The van der Waals surface area contributed by atoms with Gasteiger partial charge in [0.1, 0.15) is 0 Å². The number of hydrogen-bond acceptors (Lipinski definition) is 10. The fourth-order valence-electron chi connectivity index (χ4n) is 2.62. The topological polar surface area (TPSA) is 122 Å². The van der Waals surface area contributed by atoms with E-state index in [0.29, 0.717) is 27.7 Å². The molecular formula is C20H21N3O7S. The number of aromatic nitrogens is 2. The fraction of sp³-hybridized carbons (Fsp3) is 0.300. The Balaban J connectivity index is 1.54. The van der Waals surface area contributed by atoms with E-state index in [1.165, 1.54) is 32.7 Å². The summed E-state index contributed by atoms with van der Waals surface area (Å²) < 4.78 is 26.6. The van der Waals surface area contributed by atoms with Crippen molar-refractivity contribution in [1.82, 2.24) is 15.5 Å². The third kappa shape index (κ3) is 5.51. The van der Waals surface area contributed by atoms with E-state index in [4.69, 9.17) is 23.4 Å². The molecule has 1 N–H and O–H groups in total. The first-order chi connectivity index (χ1) is 15.0. The first kappa shape index (κ1) is 22.1. The summed E-state index contributed by atoms with van der Waals surface area (Å²) in [5, 5.41) is 12.3. The van der Waals surface area contributed by atoms with E-state index in [2.05, 4.69) is 15.5 Å². The Morgan fingerprint density at radius 2 is 1.84 bits per heavy atom. The van der Waals surface area contributed by atoms with Crippen LogP contribution in [0.4, 0.5) is 0 Å². The molecule has 2 heterocycles. The molecule has 0 aliphatic rings. The summed E-state index contributed by atoms with van der Waals surface area (Å²) in [7, 11) is 4.51. The van der Waals surface area contributed by atoms with Gasteiger partial charge in [0.25, 0.3) is 11.8 Å². The van der Waals surface area contributed by atoms with Gasteiger partial charge in [-0.05, 0) is 23.6 Å². The molecule has 3 rings (SSSR count). The smallest absolute Gasteiger partial charge is 0.308 e. The van der Waals surface area contributed by atoms with Gasteiger partial charge in [-0.3, -0.25) is 9.59 Å². The normalized spacial score (nSPS) is 10.4. The summed E-state index contributed by atoms with van der Waals surface area (Å²) in [4.78, 5) is 24.3. The quantitative estimate of drug-likeness (QED) is 0.467. The van der Waals surface area contributed by atoms with Crippen molar-refractivity contribution in [2.75, 3.05) is 27.9 Å². The number of rotatable bonds is 10. The standard InChI is InChI=1S/C20H21N3O7S/c1-26-13-9-12(10-14(27-2)18(13)28-3)20-23-22-16(30-20)11-29-17(24)6-7-21-19(25)15-5-4-8-31-15/h4-5,8-10H,6-7,11H2,1-3H3,(H,21,25). The number of carbonyl (C=O) groups excluding carboxylic acids is 2. The summed E-state index contributed by atoms with van der Waals surface area (Å²) >= 11 is 1.33. The van der Waals surface area contributed by atoms with E-state index in [1.807, 2.05) is 0 Å². The Morgan fingerprint density at radius 1 is 1.10 bits per heavy atom. The van der Waals surface area contributed by atoms with Gasteiger partial charge in [-0.15, -0.1) is 21.5 Å². The second kappa shape index (κ2) is 10.4. The zero-order chi connectivity index (χ0) is 22.2. The molecule has 11 heteroatoms. The highest BCUT2D eigenvalue weighted by Gasteiger charge is 2.18. The maximum atomic E-state index is 11.9. The number of methoxy groups -OCH3 is 3. The lowest BCUT2D eigenvalue weighted by Crippen LogP contribution is -2.25. The predicted octanol–water partition coefficient (Wildman–Crippen LogP) is 2.69. The Kier molecular flexibility index (Phi) is 7.44. The number of thiophene rings is 1. The largest absolute Gasteiger partial charge is 0.493 e. The van der Waals surface area contributed by atoms with Crippen LogP contribution in [0.25, 0.3) is 11.5 Å². The molecule has 164 valence electrons. The van der Waals surface area contributed by atoms with Crippen LogP contribution in [0, 0.1) is 0 Å². The highest BCUT2D eigenvalue weighted by Crippen LogP contribution is 2.40. The van der Waals surface area contributed by atoms with E-state index in [1.54, 1.807) is 29.6 Å². The van der Waals surface area contributed by atoms with Crippen LogP contribution in [0.15, 0.2) is 34.1 Å². The van der Waals surface area contributed by atoms with Gasteiger partial charge in [0.15, 0.2) is 18.1 Å². The molecule has 0 atom stereocenters. The third-order valence-electron chi connectivity index (χ3n) is 4.09. The summed E-state index contributed by atoms with van der Waals surface area (Å²) in [5.41, 5.74) is 0.552. The van der Waals surface area contributed by atoms with Crippen LogP contribution in [-0.4, -0.2) is 49.9 Å². The molecular weight excluding hydrogens is 426 g/mol. The first-order valence-electron chi connectivity index (χ1n) is 9.15. The molecule has 0 unspecified atom stereocenters. The van der Waals surface area contributed by atoms with E-state index in [9.17, 15) is 9.59 Å². The van der Waals surface area contributed by atoms with Gasteiger partial charge in [0.2, 0.25) is 11.6 Å². The van der Waals surface area contributed by atoms with Crippen LogP contribution in [-0.2, 0) is 16.1 Å². The number of esters is 1. The van der Waals surface area contributed by atoms with Crippen LogP contribution >= 0.6 is 11.3 Å². The summed E-state index contributed by atoms with van der Waals surface area (Å²) in [6.07, 6.45) is 0.0188. The lowest BCUT2D eigenvalue weighted by atomic mass is 10.2. The Bertz CT molecular complexity index is 1010. The number of carbonyl (C=O) groups is 2. The van der Waals surface area contributed by atoms with Crippen molar-refractivity contribution in [1.29, 1.82) is 0 Å². The molecule has 0 fully saturated rings. The Hall–Kier alpha value is -3.60. The lowest BCUT2D eigenvalue weighted by Gasteiger charge is -2.12. The average molecular weight is 447 g/mol. The molecule has 0 aliphatic carbocycles. The van der Waals surface area contributed by atoms with Crippen LogP contribution in [0.3, 0.4) is 0 Å². The maximum absolute atomic E-state index is 11.9. The second-order valence-corrected chi connectivity index (χ2v) is 7.01. The molecule has 0 saturated carbocycles. The Morgan fingerprint density at radius 3 is 2.45 bits per heavy atom. The number of benzene rings is 1. The SMILES string of the molecule is COc1cc(-c2nnc(COC(=O)CCNC(=O)c3cccs3)o2)cc(OC)c1OC. The summed E-state index contributed by atoms with van der Waals surface area (Å²) in [6, 6.07) is 6.83. The van der Waals surface area contributed by atoms with Gasteiger partial charge >= 0.3 is 5.97 Å². The minimum Gasteiger partial charge on any atom is -0.493 e. The molecule has 1 aromatic carbocycles. The van der Waals surface area contributed by atoms with Gasteiger partial charge in [0, 0.05) is 12.1 Å². The van der Waals surface area contributed by atoms with Crippen LogP contribution in [0.2, 0.25) is 0 Å². The monoisotopic (exact) mass is 447 g/mol. The van der Waals surface area contributed by atoms with Gasteiger partial charge in [-0.25, -0.2) is 0 Å². The minimum absolute atomic E-state index is 0.0188. The third-order valence-corrected chi connectivity index (χ3v) is 4.96. The molecule has 0 bridgehead atoms. The van der Waals surface area contributed by atoms with E-state index < -0.39 is 5.97 Å². The molecule has 10 nitrogen and oxygen atoms in total. The molecule has 0 saturated heterocycles. The van der Waals surface area contributed by atoms with E-state index in [0.717, 1.165) is 0 Å². The van der Waals surface area contributed by atoms with Gasteiger partial charge in [-0.2, -0.15) is 0 Å². The molecule has 0 radical (unpaired) electrons. The van der Waals surface area contributed by atoms with Crippen molar-refractivity contribution in [3.8, 4) is 28.7 Å². The van der Waals surface area contributed by atoms with Crippen molar-refractivity contribution < 1.29 is 33.0 Å². The number of nitrogens with zero attached hydrogens (tertiary/aromatic N) is 2. The van der Waals surface area contributed by atoms with E-state index in [-0.39, 0.29) is 37.3 Å². The molecule has 3 aromatic rings. The number of nitrogens with one attached hydrogen (secondary N) is 1. The Labute approximate surface area is 182 Å². The minimum atomic E-state index is -0.501. The van der Waals surface area contributed by atoms with E-state index >= 15 is 0 Å². The molecule has 2 aromatic heterocycles. The lowest BCUT2D eigenvalue weighted by molar-refractivity contribution is -0.145. The van der Waals surface area contributed by atoms with Crippen LogP contribution in [0.1, 0.15) is 22.0 Å². The number of amides is 1. The highest BCUT2D eigenvalue weighted by molar-refractivity contribution is 7.12. The van der Waals surface area contributed by atoms with Crippen molar-refractivity contribution >= 4 is 23.2 Å². The zero-order valence-corrected chi connectivity index (χ0v) is 18.0. The first-order valence-corrected chi connectivity index (χ1v) is 10.0. The summed E-state index contributed by atoms with van der Waals surface area (Å²) in [5.74, 6) is 0.913. The zero-order valence-electron chi connectivity index (χ0n) is 17.2. The number of hydrogen-bond donors (Lipinski definition) is 1. The van der Waals surface area contributed by atoms with Crippen LogP contribution in [0.5, 0.6) is 17.2 Å². The van der Waals surface area contributed by atoms with Gasteiger partial charge in [0.05, 0.1) is 32.6 Å². The average Bonchev–Trinajstić information content (AvgIpc) is 3.49. The van der Waals surface area contributed by atoms with Gasteiger partial charge in [-0.1, -0.05) is 6.07 Å². The van der Waals surface area contributed by atoms with Crippen molar-refractivity contribution in [3.05, 3.63) is 40.4 Å². The van der Waals surface area contributed by atoms with Crippen molar-refractivity contribution in [2.24, 2.45) is 0 Å². The summed E-state index contributed by atoms with van der Waals surface area (Å²) in [6.45, 7) is -0.0226. The second-order valence-electron chi connectivity index (χ2n) is 6.06. The fourth-order valence-corrected chi connectivity index (χ4v) is 3.26. The van der Waals surface area contributed by atoms with Crippen molar-refractivity contribution in [2.45, 2.75) is 13.0 Å². The molecule has 1 amide bonds. The van der Waals surface area contributed by atoms with Gasteiger partial charge < -0.3 is 28.7 Å². The maximum Gasteiger partial charge on any atom is 0.308 e. The predicted molar refractivity (Wildman–Crippen MR) is 110 cm³/mol. The molecule has 0 spiro atoms. The van der Waals surface area contributed by atoms with Crippen LogP contribution < -0.4 is 19.5 Å². The highest BCUT2D eigenvalue weighted by atomic mass is 32.1. The molecule has 31 heavy (non-hydrogen) atoms. The molecule has 0 aliphatic heterocycles. The number of ether oxygens (including phenoxy) is 4.